The van der Waals surface area contributed by atoms with Crippen molar-refractivity contribution in [1.29, 1.82) is 0 Å². The van der Waals surface area contributed by atoms with Crippen LogP contribution in [0.4, 0.5) is 5.69 Å². The summed E-state index contributed by atoms with van der Waals surface area (Å²) in [6.45, 7) is 0.670. The highest BCUT2D eigenvalue weighted by atomic mass is 35.5. The zero-order chi connectivity index (χ0) is 9.10. The lowest BCUT2D eigenvalue weighted by atomic mass is 10.4. The number of furan rings is 1. The SMILES string of the molecule is Clc1sccc1NCc1ccco1. The molecule has 2 heterocycles. The third kappa shape index (κ3) is 2.05. The van der Waals surface area contributed by atoms with E-state index in [0.717, 1.165) is 15.8 Å². The summed E-state index contributed by atoms with van der Waals surface area (Å²) in [5.74, 6) is 0.905. The van der Waals surface area contributed by atoms with Crippen LogP contribution >= 0.6 is 22.9 Å². The molecule has 2 nitrogen and oxygen atoms in total. The van der Waals surface area contributed by atoms with E-state index in [9.17, 15) is 0 Å². The van der Waals surface area contributed by atoms with Gasteiger partial charge in [0.2, 0.25) is 0 Å². The van der Waals surface area contributed by atoms with Crippen molar-refractivity contribution in [2.45, 2.75) is 6.54 Å². The second-order valence-electron chi connectivity index (χ2n) is 2.54. The average molecular weight is 214 g/mol. The molecule has 13 heavy (non-hydrogen) atoms. The van der Waals surface area contributed by atoms with Gasteiger partial charge in [-0.2, -0.15) is 0 Å². The Bertz CT molecular complexity index is 369. The highest BCUT2D eigenvalue weighted by molar-refractivity contribution is 7.15. The fourth-order valence-electron chi connectivity index (χ4n) is 1.01. The van der Waals surface area contributed by atoms with Crippen molar-refractivity contribution in [2.75, 3.05) is 5.32 Å². The van der Waals surface area contributed by atoms with Gasteiger partial charge in [0, 0.05) is 0 Å². The van der Waals surface area contributed by atoms with Gasteiger partial charge in [0.05, 0.1) is 18.5 Å². The van der Waals surface area contributed by atoms with E-state index in [2.05, 4.69) is 5.32 Å². The van der Waals surface area contributed by atoms with Crippen molar-refractivity contribution in [3.8, 4) is 0 Å². The molecule has 1 N–H and O–H groups in total. The summed E-state index contributed by atoms with van der Waals surface area (Å²) in [7, 11) is 0. The Labute approximate surface area is 85.1 Å². The van der Waals surface area contributed by atoms with Gasteiger partial charge >= 0.3 is 0 Å². The van der Waals surface area contributed by atoms with E-state index < -0.39 is 0 Å². The van der Waals surface area contributed by atoms with Crippen molar-refractivity contribution < 1.29 is 4.42 Å². The first-order valence-electron chi connectivity index (χ1n) is 3.85. The molecule has 0 saturated carbocycles. The second-order valence-corrected chi connectivity index (χ2v) is 4.06. The van der Waals surface area contributed by atoms with E-state index in [0.29, 0.717) is 6.54 Å². The van der Waals surface area contributed by atoms with Gasteiger partial charge in [-0.15, -0.1) is 11.3 Å². The van der Waals surface area contributed by atoms with Gasteiger partial charge < -0.3 is 9.73 Å². The Balaban J connectivity index is 1.97. The summed E-state index contributed by atoms with van der Waals surface area (Å²) >= 11 is 7.42. The van der Waals surface area contributed by atoms with Gasteiger partial charge in [0.15, 0.2) is 0 Å². The second kappa shape index (κ2) is 3.85. The minimum absolute atomic E-state index is 0.670. The number of hydrogen-bond acceptors (Lipinski definition) is 3. The molecule has 0 bridgehead atoms. The summed E-state index contributed by atoms with van der Waals surface area (Å²) in [5.41, 5.74) is 0.961. The van der Waals surface area contributed by atoms with E-state index in [-0.39, 0.29) is 0 Å². The van der Waals surface area contributed by atoms with Crippen LogP contribution in [0.25, 0.3) is 0 Å². The lowest BCUT2D eigenvalue weighted by Crippen LogP contribution is -1.96. The Hall–Kier alpha value is -0.930. The van der Waals surface area contributed by atoms with Crippen molar-refractivity contribution in [2.24, 2.45) is 0 Å². The molecule has 2 aromatic rings. The molecule has 68 valence electrons. The normalized spacial score (nSPS) is 10.2. The summed E-state index contributed by atoms with van der Waals surface area (Å²) in [6, 6.07) is 5.75. The number of rotatable bonds is 3. The summed E-state index contributed by atoms with van der Waals surface area (Å²) in [6.07, 6.45) is 1.66. The maximum absolute atomic E-state index is 5.91. The molecule has 0 aliphatic heterocycles. The molecule has 0 saturated heterocycles. The number of nitrogens with one attached hydrogen (secondary N) is 1. The first kappa shape index (κ1) is 8.66. The van der Waals surface area contributed by atoms with Gasteiger partial charge in [-0.3, -0.25) is 0 Å². The fraction of sp³-hybridized carbons (Fsp3) is 0.111. The number of thiophene rings is 1. The third-order valence-electron chi connectivity index (χ3n) is 1.65. The quantitative estimate of drug-likeness (QED) is 0.843. The minimum atomic E-state index is 0.670. The van der Waals surface area contributed by atoms with Crippen molar-refractivity contribution in [3.63, 3.8) is 0 Å². The topological polar surface area (TPSA) is 25.2 Å². The predicted molar refractivity (Wildman–Crippen MR) is 55.4 cm³/mol. The number of anilines is 1. The highest BCUT2D eigenvalue weighted by Gasteiger charge is 2.01. The summed E-state index contributed by atoms with van der Waals surface area (Å²) in [4.78, 5) is 0. The lowest BCUT2D eigenvalue weighted by Gasteiger charge is -2.00. The molecule has 0 radical (unpaired) electrons. The molecule has 2 aromatic heterocycles. The van der Waals surface area contributed by atoms with Crippen LogP contribution in [-0.2, 0) is 6.54 Å². The zero-order valence-electron chi connectivity index (χ0n) is 6.79. The van der Waals surface area contributed by atoms with Gasteiger partial charge in [-0.1, -0.05) is 11.6 Å². The molecule has 0 aliphatic rings. The van der Waals surface area contributed by atoms with Crippen LogP contribution < -0.4 is 5.32 Å². The van der Waals surface area contributed by atoms with Crippen molar-refractivity contribution in [3.05, 3.63) is 39.9 Å². The Kier molecular flexibility index (Phi) is 2.57. The van der Waals surface area contributed by atoms with E-state index in [1.165, 1.54) is 11.3 Å². The zero-order valence-corrected chi connectivity index (χ0v) is 8.36. The minimum Gasteiger partial charge on any atom is -0.467 e. The maximum Gasteiger partial charge on any atom is 0.122 e. The van der Waals surface area contributed by atoms with Gasteiger partial charge in [-0.25, -0.2) is 0 Å². The Morgan fingerprint density at radius 2 is 2.38 bits per heavy atom. The molecule has 0 fully saturated rings. The van der Waals surface area contributed by atoms with E-state index in [4.69, 9.17) is 16.0 Å². The van der Waals surface area contributed by atoms with Crippen LogP contribution in [0.15, 0.2) is 34.3 Å². The van der Waals surface area contributed by atoms with E-state index in [1.807, 2.05) is 23.6 Å². The molecule has 0 atom stereocenters. The van der Waals surface area contributed by atoms with Crippen molar-refractivity contribution >= 4 is 28.6 Å². The molecule has 2 rings (SSSR count). The molecule has 0 aromatic carbocycles. The highest BCUT2D eigenvalue weighted by Crippen LogP contribution is 2.27. The monoisotopic (exact) mass is 213 g/mol. The summed E-state index contributed by atoms with van der Waals surface area (Å²) < 4.78 is 5.95. The van der Waals surface area contributed by atoms with Crippen LogP contribution in [0.1, 0.15) is 5.76 Å². The average Bonchev–Trinajstić information content (AvgIpc) is 2.72. The maximum atomic E-state index is 5.91. The molecular formula is C9H8ClNOS. The number of halogens is 1. The van der Waals surface area contributed by atoms with Crippen LogP contribution in [0.2, 0.25) is 4.34 Å². The van der Waals surface area contributed by atoms with Gasteiger partial charge in [0.25, 0.3) is 0 Å². The molecule has 0 amide bonds. The van der Waals surface area contributed by atoms with E-state index >= 15 is 0 Å². The predicted octanol–water partition coefficient (Wildman–Crippen LogP) is 3.61. The van der Waals surface area contributed by atoms with E-state index in [1.54, 1.807) is 6.26 Å². The third-order valence-corrected chi connectivity index (χ3v) is 2.82. The molecule has 0 aliphatic carbocycles. The standard InChI is InChI=1S/C9H8ClNOS/c10-9-8(3-5-13-9)11-6-7-2-1-4-12-7/h1-5,11H,6H2. The van der Waals surface area contributed by atoms with Crippen molar-refractivity contribution in [1.82, 2.24) is 0 Å². The first-order chi connectivity index (χ1) is 6.36. The molecule has 0 unspecified atom stereocenters. The number of hydrogen-bond donors (Lipinski definition) is 1. The van der Waals surface area contributed by atoms with Crippen LogP contribution in [0.5, 0.6) is 0 Å². The molecule has 0 spiro atoms. The van der Waals surface area contributed by atoms with Gasteiger partial charge in [-0.05, 0) is 23.6 Å². The first-order valence-corrected chi connectivity index (χ1v) is 5.11. The van der Waals surface area contributed by atoms with Crippen LogP contribution in [0, 0.1) is 0 Å². The smallest absolute Gasteiger partial charge is 0.122 e. The Morgan fingerprint density at radius 1 is 1.46 bits per heavy atom. The molecular weight excluding hydrogens is 206 g/mol. The Morgan fingerprint density at radius 3 is 3.00 bits per heavy atom. The van der Waals surface area contributed by atoms with Gasteiger partial charge in [0.1, 0.15) is 10.1 Å². The molecule has 4 heteroatoms. The largest absolute Gasteiger partial charge is 0.467 e. The fourth-order valence-corrected chi connectivity index (χ4v) is 1.89. The summed E-state index contributed by atoms with van der Waals surface area (Å²) in [5, 5.41) is 5.13. The van der Waals surface area contributed by atoms with Crippen LogP contribution in [-0.4, -0.2) is 0 Å². The lowest BCUT2D eigenvalue weighted by molar-refractivity contribution is 0.518. The van der Waals surface area contributed by atoms with Crippen LogP contribution in [0.3, 0.4) is 0 Å².